The first-order valence-electron chi connectivity index (χ1n) is 6.78. The molecule has 0 saturated heterocycles. The van der Waals surface area contributed by atoms with E-state index < -0.39 is 9.84 Å². The van der Waals surface area contributed by atoms with Crippen molar-refractivity contribution in [3.8, 4) is 0 Å². The van der Waals surface area contributed by atoms with Crippen molar-refractivity contribution < 1.29 is 8.42 Å². The Balaban J connectivity index is 2.57. The van der Waals surface area contributed by atoms with E-state index in [1.807, 2.05) is 39.8 Å². The van der Waals surface area contributed by atoms with Crippen LogP contribution in [0.2, 0.25) is 0 Å². The Kier molecular flexibility index (Phi) is 4.00. The molecule has 0 atom stereocenters. The van der Waals surface area contributed by atoms with E-state index in [1.165, 1.54) is 0 Å². The maximum atomic E-state index is 12.7. The van der Waals surface area contributed by atoms with Gasteiger partial charge in [0, 0.05) is 0 Å². The summed E-state index contributed by atoms with van der Waals surface area (Å²) in [6.07, 6.45) is 0.835. The van der Waals surface area contributed by atoms with Gasteiger partial charge in [0.2, 0.25) is 9.84 Å². The maximum absolute atomic E-state index is 12.7. The molecule has 0 fully saturated rings. The number of sulfone groups is 1. The minimum Gasteiger partial charge on any atom is -0.219 e. The van der Waals surface area contributed by atoms with Crippen molar-refractivity contribution >= 4 is 9.84 Å². The van der Waals surface area contributed by atoms with Crippen LogP contribution in [-0.4, -0.2) is 8.42 Å². The van der Waals surface area contributed by atoms with Crippen molar-refractivity contribution in [3.63, 3.8) is 0 Å². The first kappa shape index (κ1) is 14.8. The van der Waals surface area contributed by atoms with Gasteiger partial charge in [-0.3, -0.25) is 0 Å². The van der Waals surface area contributed by atoms with Crippen LogP contribution in [-0.2, 0) is 16.3 Å². The summed E-state index contributed by atoms with van der Waals surface area (Å²) >= 11 is 0. The Morgan fingerprint density at radius 3 is 1.90 bits per heavy atom. The van der Waals surface area contributed by atoms with E-state index in [0.29, 0.717) is 9.79 Å². The minimum absolute atomic E-state index is 0.367. The monoisotopic (exact) mass is 288 g/mol. The van der Waals surface area contributed by atoms with Crippen molar-refractivity contribution in [2.45, 2.75) is 43.9 Å². The molecule has 3 heteroatoms. The average Bonchev–Trinajstić information content (AvgIpc) is 2.42. The summed E-state index contributed by atoms with van der Waals surface area (Å²) in [5.74, 6) is 0. The second-order valence-electron chi connectivity index (χ2n) is 5.19. The molecule has 2 nitrogen and oxygen atoms in total. The van der Waals surface area contributed by atoms with Crippen molar-refractivity contribution in [2.75, 3.05) is 0 Å². The molecule has 20 heavy (non-hydrogen) atoms. The van der Waals surface area contributed by atoms with E-state index >= 15 is 0 Å². The maximum Gasteiger partial charge on any atom is 0.206 e. The van der Waals surface area contributed by atoms with Gasteiger partial charge in [-0.15, -0.1) is 0 Å². The highest BCUT2D eigenvalue weighted by Crippen LogP contribution is 2.25. The van der Waals surface area contributed by atoms with Crippen LogP contribution in [0.4, 0.5) is 0 Å². The lowest BCUT2D eigenvalue weighted by atomic mass is 10.1. The van der Waals surface area contributed by atoms with Gasteiger partial charge in [-0.25, -0.2) is 8.42 Å². The van der Waals surface area contributed by atoms with Gasteiger partial charge in [0.05, 0.1) is 9.79 Å². The third-order valence-electron chi connectivity index (χ3n) is 3.80. The van der Waals surface area contributed by atoms with Crippen LogP contribution in [0.5, 0.6) is 0 Å². The zero-order valence-electron chi connectivity index (χ0n) is 12.4. The third-order valence-corrected chi connectivity index (χ3v) is 5.55. The predicted octanol–water partition coefficient (Wildman–Crippen LogP) is 4.01. The summed E-state index contributed by atoms with van der Waals surface area (Å²) in [6.45, 7) is 7.95. The molecular formula is C17H20O2S. The van der Waals surface area contributed by atoms with Gasteiger partial charge in [0.15, 0.2) is 0 Å². The number of hydrogen-bond acceptors (Lipinski definition) is 2. The smallest absolute Gasteiger partial charge is 0.206 e. The molecule has 2 aromatic carbocycles. The van der Waals surface area contributed by atoms with Crippen LogP contribution in [0.3, 0.4) is 0 Å². The van der Waals surface area contributed by atoms with Crippen molar-refractivity contribution in [3.05, 3.63) is 58.7 Å². The van der Waals surface area contributed by atoms with Crippen LogP contribution < -0.4 is 0 Å². The summed E-state index contributed by atoms with van der Waals surface area (Å²) in [4.78, 5) is 0.745. The van der Waals surface area contributed by atoms with Gasteiger partial charge < -0.3 is 0 Å². The summed E-state index contributed by atoms with van der Waals surface area (Å²) < 4.78 is 25.4. The van der Waals surface area contributed by atoms with Gasteiger partial charge in [0.25, 0.3) is 0 Å². The fourth-order valence-corrected chi connectivity index (χ4v) is 3.61. The Hall–Kier alpha value is -1.61. The molecule has 0 radical (unpaired) electrons. The SMILES string of the molecule is CCc1cc(S(=O)(=O)c2ccc(C)c(C)c2)ccc1C. The zero-order chi connectivity index (χ0) is 14.9. The number of hydrogen-bond donors (Lipinski definition) is 0. The molecule has 0 spiro atoms. The van der Waals surface area contributed by atoms with Crippen molar-refractivity contribution in [1.82, 2.24) is 0 Å². The highest BCUT2D eigenvalue weighted by atomic mass is 32.2. The Bertz CT molecular complexity index is 744. The molecule has 2 rings (SSSR count). The molecule has 2 aromatic rings. The predicted molar refractivity (Wildman–Crippen MR) is 81.9 cm³/mol. The Morgan fingerprint density at radius 2 is 1.35 bits per heavy atom. The average molecular weight is 288 g/mol. The van der Waals surface area contributed by atoms with Gasteiger partial charge in [-0.1, -0.05) is 19.1 Å². The first-order valence-corrected chi connectivity index (χ1v) is 8.26. The van der Waals surface area contributed by atoms with Gasteiger partial charge in [-0.2, -0.15) is 0 Å². The van der Waals surface area contributed by atoms with E-state index in [9.17, 15) is 8.42 Å². The second-order valence-corrected chi connectivity index (χ2v) is 7.14. The standard InChI is InChI=1S/C17H20O2S/c1-5-15-11-17(9-7-13(15)3)20(18,19)16-8-6-12(2)14(4)10-16/h6-11H,5H2,1-4H3. The fourth-order valence-electron chi connectivity index (χ4n) is 2.21. The van der Waals surface area contributed by atoms with E-state index in [-0.39, 0.29) is 0 Å². The molecular weight excluding hydrogens is 268 g/mol. The lowest BCUT2D eigenvalue weighted by Gasteiger charge is -2.10. The van der Waals surface area contributed by atoms with Crippen molar-refractivity contribution in [2.24, 2.45) is 0 Å². The van der Waals surface area contributed by atoms with Crippen LogP contribution in [0.15, 0.2) is 46.2 Å². The third kappa shape index (κ3) is 2.63. The summed E-state index contributed by atoms with van der Waals surface area (Å²) in [7, 11) is -3.43. The molecule has 0 N–H and O–H groups in total. The van der Waals surface area contributed by atoms with Gasteiger partial charge in [-0.05, 0) is 73.7 Å². The highest BCUT2D eigenvalue weighted by molar-refractivity contribution is 7.91. The molecule has 0 bridgehead atoms. The van der Waals surface area contributed by atoms with Gasteiger partial charge in [0.1, 0.15) is 0 Å². The van der Waals surface area contributed by atoms with E-state index in [1.54, 1.807) is 24.3 Å². The summed E-state index contributed by atoms with van der Waals surface area (Å²) in [5, 5.41) is 0. The van der Waals surface area contributed by atoms with Crippen molar-refractivity contribution in [1.29, 1.82) is 0 Å². The quantitative estimate of drug-likeness (QED) is 0.855. The van der Waals surface area contributed by atoms with Crippen LogP contribution in [0.25, 0.3) is 0 Å². The topological polar surface area (TPSA) is 34.1 Å². The number of aryl methyl sites for hydroxylation is 4. The molecule has 0 aromatic heterocycles. The summed E-state index contributed by atoms with van der Waals surface area (Å²) in [5.41, 5.74) is 4.30. The zero-order valence-corrected chi connectivity index (χ0v) is 13.2. The lowest BCUT2D eigenvalue weighted by Crippen LogP contribution is -2.04. The van der Waals surface area contributed by atoms with Crippen LogP contribution in [0.1, 0.15) is 29.2 Å². The van der Waals surface area contributed by atoms with Gasteiger partial charge >= 0.3 is 0 Å². The Labute approximate surface area is 121 Å². The Morgan fingerprint density at radius 1 is 0.800 bits per heavy atom. The molecule has 0 unspecified atom stereocenters. The molecule has 0 aliphatic carbocycles. The number of rotatable bonds is 3. The minimum atomic E-state index is -3.43. The normalized spacial score (nSPS) is 11.6. The van der Waals surface area contributed by atoms with E-state index in [0.717, 1.165) is 28.7 Å². The molecule has 0 heterocycles. The first-order chi connectivity index (χ1) is 9.36. The highest BCUT2D eigenvalue weighted by Gasteiger charge is 2.18. The molecule has 0 amide bonds. The fraction of sp³-hybridized carbons (Fsp3) is 0.294. The second kappa shape index (κ2) is 5.41. The summed E-state index contributed by atoms with van der Waals surface area (Å²) in [6, 6.07) is 10.7. The lowest BCUT2D eigenvalue weighted by molar-refractivity contribution is 0.596. The van der Waals surface area contributed by atoms with Crippen LogP contribution in [0, 0.1) is 20.8 Å². The largest absolute Gasteiger partial charge is 0.219 e. The molecule has 0 saturated carbocycles. The molecule has 106 valence electrons. The van der Waals surface area contributed by atoms with Crippen LogP contribution >= 0.6 is 0 Å². The van der Waals surface area contributed by atoms with E-state index in [2.05, 4.69) is 0 Å². The number of benzene rings is 2. The van der Waals surface area contributed by atoms with E-state index in [4.69, 9.17) is 0 Å². The molecule has 0 aliphatic rings. The molecule has 0 aliphatic heterocycles.